The van der Waals surface area contributed by atoms with Crippen molar-refractivity contribution in [2.24, 2.45) is 0 Å². The first kappa shape index (κ1) is 19.6. The van der Waals surface area contributed by atoms with Crippen LogP contribution in [0.25, 0.3) is 5.57 Å². The number of nitrogens with zero attached hydrogens (tertiary/aromatic N) is 3. The van der Waals surface area contributed by atoms with Crippen LogP contribution in [0.2, 0.25) is 0 Å². The lowest BCUT2D eigenvalue weighted by molar-refractivity contribution is -0.137. The summed E-state index contributed by atoms with van der Waals surface area (Å²) in [5.41, 5.74) is 1.99. The van der Waals surface area contributed by atoms with Gasteiger partial charge in [-0.3, -0.25) is 14.5 Å². The molecule has 1 aromatic rings. The van der Waals surface area contributed by atoms with Crippen molar-refractivity contribution in [3.8, 4) is 0 Å². The van der Waals surface area contributed by atoms with Gasteiger partial charge in [-0.25, -0.2) is 0 Å². The van der Waals surface area contributed by atoms with Gasteiger partial charge in [-0.15, -0.1) is 0 Å². The molecule has 146 valence electrons. The van der Waals surface area contributed by atoms with Crippen molar-refractivity contribution in [2.45, 2.75) is 45.1 Å². The molecule has 0 atom stereocenters. The van der Waals surface area contributed by atoms with Crippen LogP contribution in [0.5, 0.6) is 0 Å². The van der Waals surface area contributed by atoms with Gasteiger partial charge in [-0.2, -0.15) is 0 Å². The van der Waals surface area contributed by atoms with Crippen LogP contribution in [0.3, 0.4) is 0 Å². The summed E-state index contributed by atoms with van der Waals surface area (Å²) in [6.45, 7) is 4.67. The molecule has 2 heterocycles. The highest BCUT2D eigenvalue weighted by atomic mass is 16.2. The minimum Gasteiger partial charge on any atom is -0.366 e. The summed E-state index contributed by atoms with van der Waals surface area (Å²) in [6, 6.07) is 9.93. The zero-order valence-corrected chi connectivity index (χ0v) is 16.8. The molecule has 2 aliphatic rings. The van der Waals surface area contributed by atoms with Crippen LogP contribution in [-0.2, 0) is 9.59 Å². The summed E-state index contributed by atoms with van der Waals surface area (Å²) in [4.78, 5) is 32.3. The molecule has 0 spiro atoms. The molecule has 0 radical (unpaired) electrons. The van der Waals surface area contributed by atoms with E-state index in [9.17, 15) is 9.59 Å². The van der Waals surface area contributed by atoms with Crippen LogP contribution in [-0.4, -0.2) is 66.3 Å². The first-order chi connectivity index (χ1) is 13.0. The molecule has 2 aliphatic heterocycles. The Kier molecular flexibility index (Phi) is 6.32. The second kappa shape index (κ2) is 8.70. The Morgan fingerprint density at radius 2 is 1.70 bits per heavy atom. The summed E-state index contributed by atoms with van der Waals surface area (Å²) >= 11 is 0. The van der Waals surface area contributed by atoms with E-state index < -0.39 is 0 Å². The number of imide groups is 1. The van der Waals surface area contributed by atoms with Crippen molar-refractivity contribution in [2.75, 3.05) is 33.7 Å². The lowest BCUT2D eigenvalue weighted by Gasteiger charge is -2.36. The Morgan fingerprint density at radius 1 is 1.04 bits per heavy atom. The fourth-order valence-corrected chi connectivity index (χ4v) is 4.04. The molecule has 0 N–H and O–H groups in total. The molecule has 0 aromatic heterocycles. The number of hydrogen-bond acceptors (Lipinski definition) is 4. The number of benzene rings is 1. The van der Waals surface area contributed by atoms with E-state index in [4.69, 9.17) is 0 Å². The van der Waals surface area contributed by atoms with Crippen molar-refractivity contribution in [1.29, 1.82) is 0 Å². The Hall–Kier alpha value is -2.14. The smallest absolute Gasteiger partial charge is 0.277 e. The van der Waals surface area contributed by atoms with Gasteiger partial charge in [0.2, 0.25) is 0 Å². The maximum atomic E-state index is 13.2. The summed E-state index contributed by atoms with van der Waals surface area (Å²) in [5.74, 6) is -0.270. The summed E-state index contributed by atoms with van der Waals surface area (Å²) in [6.07, 6.45) is 4.97. The van der Waals surface area contributed by atoms with Crippen molar-refractivity contribution in [3.05, 3.63) is 41.6 Å². The van der Waals surface area contributed by atoms with E-state index in [0.29, 0.717) is 23.9 Å². The fraction of sp³-hybridized carbons (Fsp3) is 0.545. The Morgan fingerprint density at radius 3 is 2.33 bits per heavy atom. The number of amides is 2. The fourth-order valence-electron chi connectivity index (χ4n) is 4.04. The number of unbranched alkanes of at least 4 members (excludes halogenated alkanes) is 2. The van der Waals surface area contributed by atoms with Crippen molar-refractivity contribution >= 4 is 17.4 Å². The normalized spacial score (nSPS) is 19.3. The predicted molar refractivity (Wildman–Crippen MR) is 108 cm³/mol. The third-order valence-corrected chi connectivity index (χ3v) is 5.78. The topological polar surface area (TPSA) is 43.9 Å². The quantitative estimate of drug-likeness (QED) is 0.547. The predicted octanol–water partition coefficient (Wildman–Crippen LogP) is 2.98. The zero-order valence-electron chi connectivity index (χ0n) is 16.8. The van der Waals surface area contributed by atoms with Gasteiger partial charge in [-0.1, -0.05) is 50.1 Å². The Balaban J connectivity index is 1.92. The molecular weight excluding hydrogens is 338 g/mol. The molecule has 5 nitrogen and oxygen atoms in total. The van der Waals surface area contributed by atoms with Crippen molar-refractivity contribution < 1.29 is 9.59 Å². The molecule has 5 heteroatoms. The van der Waals surface area contributed by atoms with E-state index in [2.05, 4.69) is 23.8 Å². The van der Waals surface area contributed by atoms with E-state index in [1.807, 2.05) is 37.4 Å². The third-order valence-electron chi connectivity index (χ3n) is 5.78. The number of likely N-dealkylation sites (tertiary alicyclic amines) is 1. The van der Waals surface area contributed by atoms with Crippen LogP contribution >= 0.6 is 0 Å². The SMILES string of the molecule is CCCCCN1C(=O)C(c2ccccc2)=C(N(C)C2CCN(C)CC2)C1=O. The highest BCUT2D eigenvalue weighted by molar-refractivity contribution is 6.35. The Labute approximate surface area is 162 Å². The number of rotatable bonds is 7. The first-order valence-electron chi connectivity index (χ1n) is 10.1. The van der Waals surface area contributed by atoms with Gasteiger partial charge < -0.3 is 9.80 Å². The first-order valence-corrected chi connectivity index (χ1v) is 10.1. The van der Waals surface area contributed by atoms with E-state index in [0.717, 1.165) is 50.8 Å². The molecule has 27 heavy (non-hydrogen) atoms. The van der Waals surface area contributed by atoms with Gasteiger partial charge in [0.15, 0.2) is 0 Å². The number of hydrogen-bond donors (Lipinski definition) is 0. The van der Waals surface area contributed by atoms with Gasteiger partial charge in [0.05, 0.1) is 5.57 Å². The van der Waals surface area contributed by atoms with Crippen molar-refractivity contribution in [1.82, 2.24) is 14.7 Å². The van der Waals surface area contributed by atoms with E-state index in [-0.39, 0.29) is 11.8 Å². The lowest BCUT2D eigenvalue weighted by atomic mass is 10.0. The molecule has 1 saturated heterocycles. The number of piperidine rings is 1. The minimum absolute atomic E-state index is 0.128. The molecule has 0 bridgehead atoms. The molecule has 3 rings (SSSR count). The van der Waals surface area contributed by atoms with Gasteiger partial charge in [0.1, 0.15) is 5.70 Å². The second-order valence-corrected chi connectivity index (χ2v) is 7.70. The minimum atomic E-state index is -0.142. The highest BCUT2D eigenvalue weighted by Gasteiger charge is 2.41. The second-order valence-electron chi connectivity index (χ2n) is 7.70. The summed E-state index contributed by atoms with van der Waals surface area (Å²) in [5, 5.41) is 0. The molecule has 1 fully saturated rings. The molecule has 1 aromatic carbocycles. The highest BCUT2D eigenvalue weighted by Crippen LogP contribution is 2.33. The van der Waals surface area contributed by atoms with E-state index >= 15 is 0 Å². The van der Waals surface area contributed by atoms with E-state index in [1.54, 1.807) is 0 Å². The van der Waals surface area contributed by atoms with Crippen LogP contribution in [0.15, 0.2) is 36.0 Å². The summed E-state index contributed by atoms with van der Waals surface area (Å²) in [7, 11) is 4.11. The average molecular weight is 370 g/mol. The molecule has 0 saturated carbocycles. The van der Waals surface area contributed by atoms with Crippen LogP contribution in [0.1, 0.15) is 44.6 Å². The molecule has 0 aliphatic carbocycles. The number of carbonyl (C=O) groups excluding carboxylic acids is 2. The van der Waals surface area contributed by atoms with Gasteiger partial charge >= 0.3 is 0 Å². The van der Waals surface area contributed by atoms with Crippen molar-refractivity contribution in [3.63, 3.8) is 0 Å². The molecular formula is C22H31N3O2. The molecule has 0 unspecified atom stereocenters. The maximum Gasteiger partial charge on any atom is 0.277 e. The van der Waals surface area contributed by atoms with Gasteiger partial charge in [0, 0.05) is 19.6 Å². The average Bonchev–Trinajstić information content (AvgIpc) is 2.93. The van der Waals surface area contributed by atoms with Crippen LogP contribution in [0, 0.1) is 0 Å². The van der Waals surface area contributed by atoms with Crippen LogP contribution in [0.4, 0.5) is 0 Å². The van der Waals surface area contributed by atoms with E-state index in [1.165, 1.54) is 4.90 Å². The largest absolute Gasteiger partial charge is 0.366 e. The lowest BCUT2D eigenvalue weighted by Crippen LogP contribution is -2.43. The third kappa shape index (κ3) is 4.08. The van der Waals surface area contributed by atoms with Gasteiger partial charge in [0.25, 0.3) is 11.8 Å². The zero-order chi connectivity index (χ0) is 19.4. The monoisotopic (exact) mass is 369 g/mol. The maximum absolute atomic E-state index is 13.2. The molecule has 2 amide bonds. The number of carbonyl (C=O) groups is 2. The standard InChI is InChI=1S/C22H31N3O2/c1-4-5-9-14-25-21(26)19(17-10-7-6-8-11-17)20(22(25)27)24(3)18-12-15-23(2)16-13-18/h6-8,10-11,18H,4-5,9,12-16H2,1-3H3. The van der Waals surface area contributed by atoms with Gasteiger partial charge in [-0.05, 0) is 45.0 Å². The number of likely N-dealkylation sites (N-methyl/N-ethyl adjacent to an activating group) is 1. The van der Waals surface area contributed by atoms with Crippen LogP contribution < -0.4 is 0 Å². The Bertz CT molecular complexity index is 706. The summed E-state index contributed by atoms with van der Waals surface area (Å²) < 4.78 is 0.